The molecule has 1 saturated heterocycles. The molecule has 2 aromatic carbocycles. The molecule has 0 aromatic heterocycles. The Labute approximate surface area is 150 Å². The average molecular weight is 338 g/mol. The highest BCUT2D eigenvalue weighted by atomic mass is 19.1. The Bertz CT molecular complexity index is 725. The molecule has 0 spiro atoms. The summed E-state index contributed by atoms with van der Waals surface area (Å²) in [5.41, 5.74) is 5.19. The van der Waals surface area contributed by atoms with E-state index in [4.69, 9.17) is 0 Å². The summed E-state index contributed by atoms with van der Waals surface area (Å²) in [4.78, 5) is 5.22. The van der Waals surface area contributed by atoms with Crippen molar-refractivity contribution in [2.75, 3.05) is 26.2 Å². The summed E-state index contributed by atoms with van der Waals surface area (Å²) in [5, 5.41) is 0. The quantitative estimate of drug-likeness (QED) is 0.818. The van der Waals surface area contributed by atoms with Crippen LogP contribution < -0.4 is 0 Å². The van der Waals surface area contributed by atoms with Gasteiger partial charge in [0.05, 0.1) is 0 Å². The fourth-order valence-corrected chi connectivity index (χ4v) is 4.22. The van der Waals surface area contributed by atoms with Crippen molar-refractivity contribution < 1.29 is 4.39 Å². The Morgan fingerprint density at radius 3 is 2.52 bits per heavy atom. The van der Waals surface area contributed by atoms with Crippen LogP contribution >= 0.6 is 0 Å². The van der Waals surface area contributed by atoms with E-state index >= 15 is 0 Å². The van der Waals surface area contributed by atoms with Crippen LogP contribution in [0.15, 0.2) is 42.5 Å². The number of nitrogens with zero attached hydrogens (tertiary/aromatic N) is 2. The molecule has 0 radical (unpaired) electrons. The maximum atomic E-state index is 13.1. The number of fused-ring (bicyclic) bond motifs is 1. The highest BCUT2D eigenvalue weighted by Crippen LogP contribution is 2.26. The lowest BCUT2D eigenvalue weighted by Crippen LogP contribution is -2.39. The first kappa shape index (κ1) is 16.7. The molecule has 3 heteroatoms. The van der Waals surface area contributed by atoms with E-state index in [1.54, 1.807) is 0 Å². The summed E-state index contributed by atoms with van der Waals surface area (Å²) in [7, 11) is 0. The van der Waals surface area contributed by atoms with Gasteiger partial charge >= 0.3 is 0 Å². The van der Waals surface area contributed by atoms with Crippen molar-refractivity contribution in [3.63, 3.8) is 0 Å². The van der Waals surface area contributed by atoms with Crippen LogP contribution in [-0.2, 0) is 13.0 Å². The minimum absolute atomic E-state index is 0.176. The molecule has 0 unspecified atom stereocenters. The van der Waals surface area contributed by atoms with Gasteiger partial charge in [0.25, 0.3) is 0 Å². The van der Waals surface area contributed by atoms with E-state index in [2.05, 4.69) is 34.9 Å². The van der Waals surface area contributed by atoms with Gasteiger partial charge in [0.15, 0.2) is 0 Å². The molecule has 25 heavy (non-hydrogen) atoms. The number of halogens is 1. The first-order valence-corrected chi connectivity index (χ1v) is 9.53. The van der Waals surface area contributed by atoms with Gasteiger partial charge in [-0.3, -0.25) is 9.80 Å². The van der Waals surface area contributed by atoms with Gasteiger partial charge in [0.1, 0.15) is 5.82 Å². The summed E-state index contributed by atoms with van der Waals surface area (Å²) < 4.78 is 13.1. The maximum absolute atomic E-state index is 13.1. The molecule has 0 N–H and O–H groups in total. The highest BCUT2D eigenvalue weighted by molar-refractivity contribution is 5.65. The van der Waals surface area contributed by atoms with Crippen LogP contribution in [-0.4, -0.2) is 42.0 Å². The van der Waals surface area contributed by atoms with Crippen molar-refractivity contribution in [3.8, 4) is 11.1 Å². The zero-order valence-electron chi connectivity index (χ0n) is 15.0. The van der Waals surface area contributed by atoms with Crippen molar-refractivity contribution in [1.29, 1.82) is 0 Å². The van der Waals surface area contributed by atoms with Crippen molar-refractivity contribution in [3.05, 3.63) is 59.4 Å². The molecule has 2 heterocycles. The summed E-state index contributed by atoms with van der Waals surface area (Å²) in [6, 6.07) is 14.3. The summed E-state index contributed by atoms with van der Waals surface area (Å²) in [6.45, 7) is 8.19. The Kier molecular flexibility index (Phi) is 4.87. The van der Waals surface area contributed by atoms with Crippen molar-refractivity contribution >= 4 is 0 Å². The maximum Gasteiger partial charge on any atom is 0.123 e. The number of hydrogen-bond donors (Lipinski definition) is 0. The molecule has 2 nitrogen and oxygen atoms in total. The Morgan fingerprint density at radius 1 is 0.960 bits per heavy atom. The van der Waals surface area contributed by atoms with Crippen LogP contribution in [0, 0.1) is 5.82 Å². The second kappa shape index (κ2) is 7.27. The molecule has 0 amide bonds. The topological polar surface area (TPSA) is 6.48 Å². The van der Waals surface area contributed by atoms with E-state index in [0.717, 1.165) is 31.1 Å². The van der Waals surface area contributed by atoms with E-state index in [1.165, 1.54) is 61.3 Å². The summed E-state index contributed by atoms with van der Waals surface area (Å²) in [6.07, 6.45) is 3.82. The molecule has 4 rings (SSSR count). The summed E-state index contributed by atoms with van der Waals surface area (Å²) >= 11 is 0. The number of benzene rings is 2. The largest absolute Gasteiger partial charge is 0.299 e. The van der Waals surface area contributed by atoms with Gasteiger partial charge in [-0.15, -0.1) is 0 Å². The van der Waals surface area contributed by atoms with Crippen LogP contribution in [0.25, 0.3) is 11.1 Å². The molecule has 2 aliphatic heterocycles. The second-order valence-corrected chi connectivity index (χ2v) is 7.54. The molecule has 0 saturated carbocycles. The zero-order chi connectivity index (χ0) is 17.2. The zero-order valence-corrected chi connectivity index (χ0v) is 15.0. The van der Waals surface area contributed by atoms with Gasteiger partial charge in [-0.05, 0) is 67.1 Å². The molecule has 2 aromatic rings. The molecule has 0 aliphatic carbocycles. The second-order valence-electron chi connectivity index (χ2n) is 7.54. The van der Waals surface area contributed by atoms with E-state index in [0.29, 0.717) is 0 Å². The fourth-order valence-electron chi connectivity index (χ4n) is 4.22. The third-order valence-electron chi connectivity index (χ3n) is 5.87. The lowest BCUT2D eigenvalue weighted by atomic mass is 9.94. The smallest absolute Gasteiger partial charge is 0.123 e. The molecular weight excluding hydrogens is 311 g/mol. The number of likely N-dealkylation sites (tertiary alicyclic amines) is 1. The third-order valence-corrected chi connectivity index (χ3v) is 5.87. The lowest BCUT2D eigenvalue weighted by molar-refractivity contribution is 0.189. The van der Waals surface area contributed by atoms with E-state index in [9.17, 15) is 4.39 Å². The molecule has 132 valence electrons. The SMILES string of the molecule is C[C@H]1CCCN1CCN1CCc2cc(-c3ccc(F)cc3)ccc2C1. The third kappa shape index (κ3) is 3.78. The van der Waals surface area contributed by atoms with Crippen LogP contribution in [0.2, 0.25) is 0 Å². The molecule has 1 atom stereocenters. The van der Waals surface area contributed by atoms with Gasteiger partial charge in [-0.1, -0.05) is 30.3 Å². The van der Waals surface area contributed by atoms with Crippen molar-refractivity contribution in [2.24, 2.45) is 0 Å². The number of rotatable bonds is 4. The van der Waals surface area contributed by atoms with Crippen LogP contribution in [0.5, 0.6) is 0 Å². The van der Waals surface area contributed by atoms with Gasteiger partial charge < -0.3 is 0 Å². The van der Waals surface area contributed by atoms with Gasteiger partial charge in [0.2, 0.25) is 0 Å². The van der Waals surface area contributed by atoms with Crippen molar-refractivity contribution in [2.45, 2.75) is 38.8 Å². The molecule has 2 aliphatic rings. The minimum atomic E-state index is -0.176. The Balaban J connectivity index is 1.41. The van der Waals surface area contributed by atoms with Crippen LogP contribution in [0.1, 0.15) is 30.9 Å². The standard InChI is InChI=1S/C22H27FN2/c1-17-3-2-11-25(17)14-13-24-12-10-20-15-19(4-5-21(20)16-24)18-6-8-22(23)9-7-18/h4-9,15,17H,2-3,10-14,16H2,1H3/t17-/m0/s1. The molecular formula is C22H27FN2. The molecule has 1 fully saturated rings. The van der Waals surface area contributed by atoms with Crippen LogP contribution in [0.3, 0.4) is 0 Å². The normalized spacial score (nSPS) is 21.4. The van der Waals surface area contributed by atoms with Crippen LogP contribution in [0.4, 0.5) is 4.39 Å². The molecule has 0 bridgehead atoms. The number of hydrogen-bond acceptors (Lipinski definition) is 2. The predicted octanol–water partition coefficient (Wildman–Crippen LogP) is 4.34. The highest BCUT2D eigenvalue weighted by Gasteiger charge is 2.22. The van der Waals surface area contributed by atoms with E-state index in [-0.39, 0.29) is 5.82 Å². The van der Waals surface area contributed by atoms with Gasteiger partial charge in [-0.2, -0.15) is 0 Å². The van der Waals surface area contributed by atoms with E-state index in [1.807, 2.05) is 12.1 Å². The summed E-state index contributed by atoms with van der Waals surface area (Å²) in [5.74, 6) is -0.176. The lowest BCUT2D eigenvalue weighted by Gasteiger charge is -2.31. The van der Waals surface area contributed by atoms with Gasteiger partial charge in [-0.25, -0.2) is 4.39 Å². The first-order valence-electron chi connectivity index (χ1n) is 9.53. The monoisotopic (exact) mass is 338 g/mol. The van der Waals surface area contributed by atoms with Crippen molar-refractivity contribution in [1.82, 2.24) is 9.80 Å². The average Bonchev–Trinajstić information content (AvgIpc) is 3.05. The minimum Gasteiger partial charge on any atom is -0.299 e. The predicted molar refractivity (Wildman–Crippen MR) is 101 cm³/mol. The Hall–Kier alpha value is -1.71. The van der Waals surface area contributed by atoms with Gasteiger partial charge in [0, 0.05) is 32.2 Å². The first-order chi connectivity index (χ1) is 12.2. The fraction of sp³-hybridized carbons (Fsp3) is 0.455. The van der Waals surface area contributed by atoms with E-state index < -0.39 is 0 Å². The Morgan fingerprint density at radius 2 is 1.76 bits per heavy atom.